The van der Waals surface area contributed by atoms with Crippen LogP contribution < -0.4 is 5.32 Å². The first-order valence-electron chi connectivity index (χ1n) is 7.93. The summed E-state index contributed by atoms with van der Waals surface area (Å²) in [6.45, 7) is 3.50. The predicted molar refractivity (Wildman–Crippen MR) is 93.6 cm³/mol. The Hall–Kier alpha value is -3.42. The first kappa shape index (κ1) is 17.4. The highest BCUT2D eigenvalue weighted by Crippen LogP contribution is 2.33. The molecule has 0 aliphatic carbocycles. The minimum Gasteiger partial charge on any atom is -0.465 e. The number of rotatable bonds is 4. The number of esters is 2. The normalized spacial score (nSPS) is 14.1. The first-order valence-corrected chi connectivity index (χ1v) is 7.93. The van der Waals surface area contributed by atoms with E-state index in [9.17, 15) is 14.4 Å². The summed E-state index contributed by atoms with van der Waals surface area (Å²) in [7, 11) is 1.25. The molecule has 0 saturated heterocycles. The Labute approximate surface area is 149 Å². The summed E-state index contributed by atoms with van der Waals surface area (Å²) in [6.07, 6.45) is 4.63. The van der Waals surface area contributed by atoms with Crippen LogP contribution in [0.2, 0.25) is 0 Å². The SMILES string of the molecule is CCOC(=O)c1[nH]c(C=C2C(=O)Nc3ccncc32)c(C(=O)OC)c1C. The number of methoxy groups -OCH3 is 1. The molecule has 1 aliphatic heterocycles. The van der Waals surface area contributed by atoms with Crippen molar-refractivity contribution in [3.05, 3.63) is 46.5 Å². The third-order valence-electron chi connectivity index (χ3n) is 4.04. The van der Waals surface area contributed by atoms with E-state index >= 15 is 0 Å². The fraction of sp³-hybridized carbons (Fsp3) is 0.222. The lowest BCUT2D eigenvalue weighted by atomic mass is 10.0. The zero-order chi connectivity index (χ0) is 18.8. The van der Waals surface area contributed by atoms with Crippen LogP contribution in [0, 0.1) is 6.92 Å². The number of amides is 1. The van der Waals surface area contributed by atoms with Gasteiger partial charge in [0.05, 0.1) is 36.2 Å². The monoisotopic (exact) mass is 355 g/mol. The van der Waals surface area contributed by atoms with Gasteiger partial charge in [-0.2, -0.15) is 0 Å². The van der Waals surface area contributed by atoms with Gasteiger partial charge in [-0.15, -0.1) is 0 Å². The standard InChI is InChI=1S/C18H17N3O5/c1-4-26-18(24)15-9(2)14(17(23)25-3)13(20-15)7-10-11-8-19-6-5-12(11)21-16(10)22/h5-8,20H,4H2,1-3H3,(H,21,22). The number of anilines is 1. The Morgan fingerprint density at radius 3 is 2.77 bits per heavy atom. The van der Waals surface area contributed by atoms with Crippen LogP contribution in [-0.4, -0.2) is 41.5 Å². The number of aromatic nitrogens is 2. The van der Waals surface area contributed by atoms with Gasteiger partial charge in [0.25, 0.3) is 5.91 Å². The molecule has 0 atom stereocenters. The molecule has 8 nitrogen and oxygen atoms in total. The van der Waals surface area contributed by atoms with Gasteiger partial charge in [-0.05, 0) is 31.6 Å². The van der Waals surface area contributed by atoms with Crippen molar-refractivity contribution in [3.63, 3.8) is 0 Å². The Bertz CT molecular complexity index is 942. The van der Waals surface area contributed by atoms with Gasteiger partial charge >= 0.3 is 11.9 Å². The summed E-state index contributed by atoms with van der Waals surface area (Å²) in [6, 6.07) is 1.68. The summed E-state index contributed by atoms with van der Waals surface area (Å²) in [4.78, 5) is 43.5. The summed E-state index contributed by atoms with van der Waals surface area (Å²) in [5.74, 6) is -1.53. The van der Waals surface area contributed by atoms with Crippen molar-refractivity contribution in [1.29, 1.82) is 0 Å². The van der Waals surface area contributed by atoms with Crippen LogP contribution in [0.25, 0.3) is 11.6 Å². The smallest absolute Gasteiger partial charge is 0.355 e. The van der Waals surface area contributed by atoms with Crippen LogP contribution in [0.3, 0.4) is 0 Å². The summed E-state index contributed by atoms with van der Waals surface area (Å²) in [5, 5.41) is 2.73. The van der Waals surface area contributed by atoms with Gasteiger partial charge in [-0.1, -0.05) is 0 Å². The number of carbonyl (C=O) groups is 3. The van der Waals surface area contributed by atoms with Crippen LogP contribution in [0.5, 0.6) is 0 Å². The van der Waals surface area contributed by atoms with Gasteiger partial charge in [-0.25, -0.2) is 9.59 Å². The quantitative estimate of drug-likeness (QED) is 0.642. The third kappa shape index (κ3) is 2.85. The van der Waals surface area contributed by atoms with Gasteiger partial charge in [-0.3, -0.25) is 9.78 Å². The van der Waals surface area contributed by atoms with E-state index in [1.165, 1.54) is 13.2 Å². The Morgan fingerprint density at radius 2 is 2.08 bits per heavy atom. The van der Waals surface area contributed by atoms with E-state index in [1.807, 2.05) is 0 Å². The van der Waals surface area contributed by atoms with Crippen LogP contribution >= 0.6 is 0 Å². The molecule has 0 unspecified atom stereocenters. The summed E-state index contributed by atoms with van der Waals surface area (Å²) in [5.41, 5.74) is 2.57. The molecule has 0 radical (unpaired) electrons. The Morgan fingerprint density at radius 1 is 1.31 bits per heavy atom. The highest BCUT2D eigenvalue weighted by molar-refractivity contribution is 6.35. The van der Waals surface area contributed by atoms with Crippen molar-refractivity contribution in [2.24, 2.45) is 0 Å². The highest BCUT2D eigenvalue weighted by atomic mass is 16.5. The van der Waals surface area contributed by atoms with Crippen molar-refractivity contribution in [1.82, 2.24) is 9.97 Å². The predicted octanol–water partition coefficient (Wildman–Crippen LogP) is 2.17. The molecule has 0 aromatic carbocycles. The average molecular weight is 355 g/mol. The molecule has 1 amide bonds. The molecule has 2 N–H and O–H groups in total. The number of hydrogen-bond donors (Lipinski definition) is 2. The maximum atomic E-state index is 12.3. The fourth-order valence-electron chi connectivity index (χ4n) is 2.82. The van der Waals surface area contributed by atoms with Gasteiger partial charge in [0, 0.05) is 18.0 Å². The molecule has 0 fully saturated rings. The maximum absolute atomic E-state index is 12.3. The molecule has 8 heteroatoms. The number of nitrogens with zero attached hydrogens (tertiary/aromatic N) is 1. The van der Waals surface area contributed by atoms with E-state index in [4.69, 9.17) is 9.47 Å². The number of hydrogen-bond acceptors (Lipinski definition) is 6. The van der Waals surface area contributed by atoms with Gasteiger partial charge in [0.1, 0.15) is 5.69 Å². The van der Waals surface area contributed by atoms with Crippen molar-refractivity contribution in [2.45, 2.75) is 13.8 Å². The molecule has 26 heavy (non-hydrogen) atoms. The minimum absolute atomic E-state index is 0.143. The van der Waals surface area contributed by atoms with Crippen LogP contribution in [0.15, 0.2) is 18.5 Å². The summed E-state index contributed by atoms with van der Waals surface area (Å²) >= 11 is 0. The van der Waals surface area contributed by atoms with Crippen molar-refractivity contribution < 1.29 is 23.9 Å². The largest absolute Gasteiger partial charge is 0.465 e. The van der Waals surface area contributed by atoms with Crippen LogP contribution in [0.1, 0.15) is 44.6 Å². The molecule has 3 heterocycles. The average Bonchev–Trinajstić information content (AvgIpc) is 3.12. The molecule has 134 valence electrons. The van der Waals surface area contributed by atoms with E-state index in [0.29, 0.717) is 28.1 Å². The Kier molecular flexibility index (Phi) is 4.57. The number of carbonyl (C=O) groups excluding carboxylic acids is 3. The fourth-order valence-corrected chi connectivity index (χ4v) is 2.82. The van der Waals surface area contributed by atoms with Gasteiger partial charge in [0.2, 0.25) is 0 Å². The lowest BCUT2D eigenvalue weighted by molar-refractivity contribution is -0.110. The Balaban J connectivity index is 2.16. The molecule has 0 bridgehead atoms. The van der Waals surface area contributed by atoms with E-state index in [2.05, 4.69) is 15.3 Å². The van der Waals surface area contributed by atoms with Crippen molar-refractivity contribution in [3.8, 4) is 0 Å². The lowest BCUT2D eigenvalue weighted by Gasteiger charge is -2.02. The maximum Gasteiger partial charge on any atom is 0.355 e. The molecule has 0 saturated carbocycles. The molecule has 1 aliphatic rings. The second kappa shape index (κ2) is 6.83. The number of ether oxygens (including phenoxy) is 2. The topological polar surface area (TPSA) is 110 Å². The van der Waals surface area contributed by atoms with E-state index in [0.717, 1.165) is 0 Å². The molecule has 2 aromatic heterocycles. The number of nitrogens with one attached hydrogen (secondary N) is 2. The van der Waals surface area contributed by atoms with E-state index in [-0.39, 0.29) is 23.8 Å². The van der Waals surface area contributed by atoms with Crippen molar-refractivity contribution in [2.75, 3.05) is 19.0 Å². The number of H-pyrrole nitrogens is 1. The van der Waals surface area contributed by atoms with Crippen molar-refractivity contribution >= 4 is 35.2 Å². The second-order valence-corrected chi connectivity index (χ2v) is 5.56. The first-order chi connectivity index (χ1) is 12.5. The van der Waals surface area contributed by atoms with Gasteiger partial charge in [0.15, 0.2) is 0 Å². The number of aromatic amines is 1. The molecular formula is C18H17N3O5. The van der Waals surface area contributed by atoms with Crippen LogP contribution in [0.4, 0.5) is 5.69 Å². The molecular weight excluding hydrogens is 338 g/mol. The van der Waals surface area contributed by atoms with E-state index in [1.54, 1.807) is 32.3 Å². The second-order valence-electron chi connectivity index (χ2n) is 5.56. The van der Waals surface area contributed by atoms with Crippen LogP contribution in [-0.2, 0) is 14.3 Å². The highest BCUT2D eigenvalue weighted by Gasteiger charge is 2.28. The minimum atomic E-state index is -0.619. The number of pyridine rings is 1. The van der Waals surface area contributed by atoms with Gasteiger partial charge < -0.3 is 19.8 Å². The molecule has 0 spiro atoms. The summed E-state index contributed by atoms with van der Waals surface area (Å²) < 4.78 is 9.82. The molecule has 3 rings (SSSR count). The van der Waals surface area contributed by atoms with E-state index < -0.39 is 11.9 Å². The third-order valence-corrected chi connectivity index (χ3v) is 4.04. The lowest BCUT2D eigenvalue weighted by Crippen LogP contribution is -2.08. The number of fused-ring (bicyclic) bond motifs is 1. The zero-order valence-electron chi connectivity index (χ0n) is 14.5. The molecule has 2 aromatic rings. The zero-order valence-corrected chi connectivity index (χ0v) is 14.5.